The molecule has 148 valence electrons. The summed E-state index contributed by atoms with van der Waals surface area (Å²) < 4.78 is 29.6. The molecule has 0 fully saturated rings. The van der Waals surface area contributed by atoms with Crippen LogP contribution in [0.5, 0.6) is 11.5 Å². The molecule has 0 N–H and O–H groups in total. The highest BCUT2D eigenvalue weighted by atomic mass is 32.2. The van der Waals surface area contributed by atoms with Crippen molar-refractivity contribution in [1.82, 2.24) is 4.98 Å². The molecule has 0 aliphatic carbocycles. The standard InChI is InChI=1S/C24H18N2O3S/c1-16-15-26-24-18(14-25)7-4-11-22(24)23(16)17-6-3-8-19(12-17)29-20-9-5-10-21(13-20)30(2,27)28/h3-13,15H,1-2H3. The van der Waals surface area contributed by atoms with Crippen LogP contribution in [-0.4, -0.2) is 19.7 Å². The molecule has 0 bridgehead atoms. The molecule has 6 heteroatoms. The van der Waals surface area contributed by atoms with Crippen LogP contribution in [-0.2, 0) is 9.84 Å². The fourth-order valence-corrected chi connectivity index (χ4v) is 4.07. The monoisotopic (exact) mass is 414 g/mol. The van der Waals surface area contributed by atoms with Gasteiger partial charge < -0.3 is 4.74 Å². The van der Waals surface area contributed by atoms with Gasteiger partial charge in [0.05, 0.1) is 16.0 Å². The molecule has 0 unspecified atom stereocenters. The van der Waals surface area contributed by atoms with Gasteiger partial charge in [-0.3, -0.25) is 4.98 Å². The number of hydrogen-bond donors (Lipinski definition) is 0. The smallest absolute Gasteiger partial charge is 0.175 e. The van der Waals surface area contributed by atoms with Gasteiger partial charge in [-0.25, -0.2) is 8.42 Å². The predicted molar refractivity (Wildman–Crippen MR) is 116 cm³/mol. The van der Waals surface area contributed by atoms with E-state index in [2.05, 4.69) is 11.1 Å². The second-order valence-electron chi connectivity index (χ2n) is 7.01. The highest BCUT2D eigenvalue weighted by Crippen LogP contribution is 2.34. The molecule has 0 aliphatic heterocycles. The average Bonchev–Trinajstić information content (AvgIpc) is 2.73. The number of rotatable bonds is 4. The molecule has 0 radical (unpaired) electrons. The molecular formula is C24H18N2O3S. The Morgan fingerprint density at radius 3 is 2.40 bits per heavy atom. The number of nitriles is 1. The molecular weight excluding hydrogens is 396 g/mol. The number of nitrogens with zero attached hydrogens (tertiary/aromatic N) is 2. The van der Waals surface area contributed by atoms with Crippen molar-refractivity contribution < 1.29 is 13.2 Å². The van der Waals surface area contributed by atoms with Gasteiger partial charge in [0.15, 0.2) is 9.84 Å². The second-order valence-corrected chi connectivity index (χ2v) is 9.02. The van der Waals surface area contributed by atoms with Crippen molar-refractivity contribution in [1.29, 1.82) is 5.26 Å². The second kappa shape index (κ2) is 7.62. The van der Waals surface area contributed by atoms with Crippen molar-refractivity contribution in [3.63, 3.8) is 0 Å². The minimum atomic E-state index is -3.32. The Morgan fingerprint density at radius 1 is 0.967 bits per heavy atom. The molecule has 0 saturated heterocycles. The van der Waals surface area contributed by atoms with Crippen LogP contribution < -0.4 is 4.74 Å². The van der Waals surface area contributed by atoms with Crippen LogP contribution in [0.15, 0.2) is 77.8 Å². The summed E-state index contributed by atoms with van der Waals surface area (Å²) in [4.78, 5) is 4.65. The maximum atomic E-state index is 11.8. The molecule has 30 heavy (non-hydrogen) atoms. The van der Waals surface area contributed by atoms with E-state index in [1.807, 2.05) is 43.3 Å². The Balaban J connectivity index is 1.79. The summed E-state index contributed by atoms with van der Waals surface area (Å²) in [5.41, 5.74) is 4.07. The lowest BCUT2D eigenvalue weighted by Gasteiger charge is -2.13. The minimum Gasteiger partial charge on any atom is -0.457 e. The van der Waals surface area contributed by atoms with Crippen molar-refractivity contribution in [2.24, 2.45) is 0 Å². The molecule has 3 aromatic carbocycles. The van der Waals surface area contributed by atoms with Crippen LogP contribution >= 0.6 is 0 Å². The lowest BCUT2D eigenvalue weighted by Crippen LogP contribution is -1.97. The number of ether oxygens (including phenoxy) is 1. The van der Waals surface area contributed by atoms with Gasteiger partial charge >= 0.3 is 0 Å². The van der Waals surface area contributed by atoms with E-state index in [4.69, 9.17) is 4.74 Å². The van der Waals surface area contributed by atoms with Gasteiger partial charge in [-0.05, 0) is 60.0 Å². The van der Waals surface area contributed by atoms with Crippen LogP contribution in [0.25, 0.3) is 22.0 Å². The summed E-state index contributed by atoms with van der Waals surface area (Å²) in [6.45, 7) is 1.98. The topological polar surface area (TPSA) is 80.0 Å². The van der Waals surface area contributed by atoms with Gasteiger partial charge in [0.25, 0.3) is 0 Å². The first-order valence-electron chi connectivity index (χ1n) is 9.23. The molecule has 0 atom stereocenters. The number of fused-ring (bicyclic) bond motifs is 1. The van der Waals surface area contributed by atoms with Gasteiger partial charge in [0, 0.05) is 17.8 Å². The molecule has 0 saturated carbocycles. The van der Waals surface area contributed by atoms with Gasteiger partial charge in [-0.1, -0.05) is 30.3 Å². The molecule has 1 heterocycles. The highest BCUT2D eigenvalue weighted by molar-refractivity contribution is 7.90. The predicted octanol–water partition coefficient (Wildman–Crippen LogP) is 5.28. The zero-order chi connectivity index (χ0) is 21.3. The zero-order valence-corrected chi connectivity index (χ0v) is 17.3. The molecule has 5 nitrogen and oxygen atoms in total. The average molecular weight is 414 g/mol. The first kappa shape index (κ1) is 19.6. The van der Waals surface area contributed by atoms with E-state index in [0.717, 1.165) is 22.1 Å². The first-order chi connectivity index (χ1) is 14.4. The van der Waals surface area contributed by atoms with Crippen molar-refractivity contribution in [3.05, 3.63) is 84.1 Å². The summed E-state index contributed by atoms with van der Waals surface area (Å²) in [5.74, 6) is 1.03. The zero-order valence-electron chi connectivity index (χ0n) is 16.5. The Labute approximate surface area is 175 Å². The third-order valence-electron chi connectivity index (χ3n) is 4.80. The number of pyridine rings is 1. The summed E-state index contributed by atoms with van der Waals surface area (Å²) >= 11 is 0. The number of para-hydroxylation sites is 1. The molecule has 0 amide bonds. The van der Waals surface area contributed by atoms with Crippen molar-refractivity contribution in [2.45, 2.75) is 11.8 Å². The highest BCUT2D eigenvalue weighted by Gasteiger charge is 2.13. The molecule has 0 spiro atoms. The fourth-order valence-electron chi connectivity index (χ4n) is 3.42. The number of hydrogen-bond acceptors (Lipinski definition) is 5. The van der Waals surface area contributed by atoms with E-state index in [-0.39, 0.29) is 4.90 Å². The van der Waals surface area contributed by atoms with Crippen molar-refractivity contribution >= 4 is 20.7 Å². The summed E-state index contributed by atoms with van der Waals surface area (Å²) in [5, 5.41) is 10.3. The number of aromatic nitrogens is 1. The molecule has 0 aliphatic rings. The summed E-state index contributed by atoms with van der Waals surface area (Å²) in [6, 6.07) is 21.7. The van der Waals surface area contributed by atoms with Crippen LogP contribution in [0.3, 0.4) is 0 Å². The van der Waals surface area contributed by atoms with Crippen LogP contribution in [0, 0.1) is 18.3 Å². The van der Waals surface area contributed by atoms with Gasteiger partial charge in [0.1, 0.15) is 17.6 Å². The first-order valence-corrected chi connectivity index (χ1v) is 11.1. The molecule has 4 aromatic rings. The van der Waals surface area contributed by atoms with Crippen molar-refractivity contribution in [3.8, 4) is 28.7 Å². The molecule has 4 rings (SSSR count). The fraction of sp³-hybridized carbons (Fsp3) is 0.0833. The van der Waals surface area contributed by atoms with Crippen LogP contribution in [0.4, 0.5) is 0 Å². The minimum absolute atomic E-state index is 0.205. The van der Waals surface area contributed by atoms with E-state index in [0.29, 0.717) is 22.6 Å². The maximum absolute atomic E-state index is 11.8. The lowest BCUT2D eigenvalue weighted by molar-refractivity contribution is 0.481. The lowest BCUT2D eigenvalue weighted by atomic mass is 9.96. The van der Waals surface area contributed by atoms with Gasteiger partial charge in [0.2, 0.25) is 0 Å². The Morgan fingerprint density at radius 2 is 1.67 bits per heavy atom. The van der Waals surface area contributed by atoms with Gasteiger partial charge in [-0.2, -0.15) is 5.26 Å². The SMILES string of the molecule is Cc1cnc2c(C#N)cccc2c1-c1cccc(Oc2cccc(S(C)(=O)=O)c2)c1. The Kier molecular flexibility index (Phi) is 4.98. The quantitative estimate of drug-likeness (QED) is 0.454. The van der Waals surface area contributed by atoms with E-state index < -0.39 is 9.84 Å². The Bertz CT molecular complexity index is 1420. The van der Waals surface area contributed by atoms with E-state index >= 15 is 0 Å². The molecule has 1 aromatic heterocycles. The largest absolute Gasteiger partial charge is 0.457 e. The van der Waals surface area contributed by atoms with E-state index in [1.165, 1.54) is 18.4 Å². The maximum Gasteiger partial charge on any atom is 0.175 e. The normalized spacial score (nSPS) is 11.2. The number of benzene rings is 3. The third-order valence-corrected chi connectivity index (χ3v) is 5.91. The van der Waals surface area contributed by atoms with Crippen LogP contribution in [0.1, 0.15) is 11.1 Å². The van der Waals surface area contributed by atoms with Gasteiger partial charge in [-0.15, -0.1) is 0 Å². The Hall–Kier alpha value is -3.69. The van der Waals surface area contributed by atoms with Crippen LogP contribution in [0.2, 0.25) is 0 Å². The van der Waals surface area contributed by atoms with E-state index in [1.54, 1.807) is 24.4 Å². The number of sulfone groups is 1. The summed E-state index contributed by atoms with van der Waals surface area (Å²) in [7, 11) is -3.32. The van der Waals surface area contributed by atoms with Crippen molar-refractivity contribution in [2.75, 3.05) is 6.26 Å². The van der Waals surface area contributed by atoms with E-state index in [9.17, 15) is 13.7 Å². The summed E-state index contributed by atoms with van der Waals surface area (Å²) in [6.07, 6.45) is 2.93. The number of aryl methyl sites for hydroxylation is 1. The third kappa shape index (κ3) is 3.76.